The van der Waals surface area contributed by atoms with Crippen molar-refractivity contribution in [1.29, 1.82) is 5.26 Å². The number of benzene rings is 1. The molecule has 4 heteroatoms. The zero-order valence-corrected chi connectivity index (χ0v) is 9.37. The second-order valence-electron chi connectivity index (χ2n) is 4.02. The summed E-state index contributed by atoms with van der Waals surface area (Å²) in [5, 5.41) is 11.6. The number of nitrogens with zero attached hydrogens (tertiary/aromatic N) is 2. The average molecular weight is 215 g/mol. The SMILES string of the molecule is Cc1cc2c(cc1C)N(CC#N)CC(=O)N2. The van der Waals surface area contributed by atoms with Crippen LogP contribution in [0.1, 0.15) is 11.1 Å². The van der Waals surface area contributed by atoms with Crippen LogP contribution in [0.3, 0.4) is 0 Å². The first-order valence-electron chi connectivity index (χ1n) is 5.15. The Morgan fingerprint density at radius 2 is 2.12 bits per heavy atom. The Bertz CT molecular complexity index is 488. The Balaban J connectivity index is 2.49. The third kappa shape index (κ3) is 1.72. The van der Waals surface area contributed by atoms with E-state index in [2.05, 4.69) is 11.4 Å². The van der Waals surface area contributed by atoms with E-state index >= 15 is 0 Å². The van der Waals surface area contributed by atoms with Gasteiger partial charge < -0.3 is 10.2 Å². The number of nitrogens with one attached hydrogen (secondary N) is 1. The van der Waals surface area contributed by atoms with Gasteiger partial charge >= 0.3 is 0 Å². The van der Waals surface area contributed by atoms with Crippen LogP contribution in [0.25, 0.3) is 0 Å². The molecule has 0 atom stereocenters. The summed E-state index contributed by atoms with van der Waals surface area (Å²) in [4.78, 5) is 13.2. The van der Waals surface area contributed by atoms with Crippen LogP contribution in [0.5, 0.6) is 0 Å². The highest BCUT2D eigenvalue weighted by Gasteiger charge is 2.22. The summed E-state index contributed by atoms with van der Waals surface area (Å²) >= 11 is 0. The van der Waals surface area contributed by atoms with E-state index < -0.39 is 0 Å². The average Bonchev–Trinajstić information content (AvgIpc) is 2.21. The molecule has 1 heterocycles. The van der Waals surface area contributed by atoms with Gasteiger partial charge in [-0.05, 0) is 37.1 Å². The van der Waals surface area contributed by atoms with E-state index in [0.717, 1.165) is 22.5 Å². The number of hydrogen-bond acceptors (Lipinski definition) is 3. The summed E-state index contributed by atoms with van der Waals surface area (Å²) in [6.45, 7) is 4.52. The number of carbonyl (C=O) groups is 1. The lowest BCUT2D eigenvalue weighted by atomic mass is 10.1. The van der Waals surface area contributed by atoms with Crippen molar-refractivity contribution >= 4 is 17.3 Å². The molecule has 0 radical (unpaired) electrons. The highest BCUT2D eigenvalue weighted by Crippen LogP contribution is 2.31. The molecule has 1 aromatic rings. The van der Waals surface area contributed by atoms with Gasteiger partial charge in [0.25, 0.3) is 0 Å². The maximum atomic E-state index is 11.4. The predicted octanol–water partition coefficient (Wildman–Crippen LogP) is 1.59. The lowest BCUT2D eigenvalue weighted by Gasteiger charge is -2.29. The predicted molar refractivity (Wildman–Crippen MR) is 62.4 cm³/mol. The van der Waals surface area contributed by atoms with Gasteiger partial charge in [-0.15, -0.1) is 0 Å². The monoisotopic (exact) mass is 215 g/mol. The number of aryl methyl sites for hydroxylation is 2. The third-order valence-electron chi connectivity index (χ3n) is 2.82. The van der Waals surface area contributed by atoms with Gasteiger partial charge in [0.05, 0.1) is 24.0 Å². The molecule has 1 aromatic carbocycles. The van der Waals surface area contributed by atoms with Crippen molar-refractivity contribution in [3.8, 4) is 6.07 Å². The van der Waals surface area contributed by atoms with E-state index in [1.54, 1.807) is 4.90 Å². The van der Waals surface area contributed by atoms with Gasteiger partial charge in [0.15, 0.2) is 0 Å². The molecule has 0 spiro atoms. The van der Waals surface area contributed by atoms with Crippen molar-refractivity contribution in [2.45, 2.75) is 13.8 Å². The minimum absolute atomic E-state index is 0.0639. The van der Waals surface area contributed by atoms with Gasteiger partial charge in [-0.1, -0.05) is 0 Å². The summed E-state index contributed by atoms with van der Waals surface area (Å²) < 4.78 is 0. The summed E-state index contributed by atoms with van der Waals surface area (Å²) in [5.74, 6) is -0.0639. The van der Waals surface area contributed by atoms with Crippen LogP contribution in [0.2, 0.25) is 0 Å². The van der Waals surface area contributed by atoms with Crippen LogP contribution in [0.15, 0.2) is 12.1 Å². The summed E-state index contributed by atoms with van der Waals surface area (Å²) in [7, 11) is 0. The Hall–Kier alpha value is -2.02. The Labute approximate surface area is 94.5 Å². The minimum atomic E-state index is -0.0639. The zero-order chi connectivity index (χ0) is 11.7. The number of anilines is 2. The van der Waals surface area contributed by atoms with Crippen molar-refractivity contribution in [2.75, 3.05) is 23.3 Å². The normalized spacial score (nSPS) is 14.1. The van der Waals surface area contributed by atoms with Crippen molar-refractivity contribution in [2.24, 2.45) is 0 Å². The van der Waals surface area contributed by atoms with Gasteiger partial charge in [0.1, 0.15) is 6.54 Å². The van der Waals surface area contributed by atoms with Crippen LogP contribution < -0.4 is 10.2 Å². The number of nitriles is 1. The third-order valence-corrected chi connectivity index (χ3v) is 2.82. The van der Waals surface area contributed by atoms with Crippen molar-refractivity contribution in [1.82, 2.24) is 0 Å². The Morgan fingerprint density at radius 3 is 2.81 bits per heavy atom. The Morgan fingerprint density at radius 1 is 1.44 bits per heavy atom. The van der Waals surface area contributed by atoms with Crippen molar-refractivity contribution in [3.05, 3.63) is 23.3 Å². The standard InChI is InChI=1S/C12H13N3O/c1-8-5-10-11(6-9(8)2)15(4-3-13)7-12(16)14-10/h5-6H,4,7H2,1-2H3,(H,14,16). The van der Waals surface area contributed by atoms with Gasteiger partial charge in [-0.3, -0.25) is 4.79 Å². The van der Waals surface area contributed by atoms with Crippen LogP contribution in [0.4, 0.5) is 11.4 Å². The molecule has 0 saturated carbocycles. The molecule has 1 aliphatic heterocycles. The number of amides is 1. The fourth-order valence-electron chi connectivity index (χ4n) is 1.84. The lowest BCUT2D eigenvalue weighted by molar-refractivity contribution is -0.115. The fourth-order valence-corrected chi connectivity index (χ4v) is 1.84. The minimum Gasteiger partial charge on any atom is -0.347 e. The smallest absolute Gasteiger partial charge is 0.243 e. The quantitative estimate of drug-likeness (QED) is 0.724. The first-order chi connectivity index (χ1) is 7.61. The first-order valence-corrected chi connectivity index (χ1v) is 5.15. The molecular formula is C12H13N3O. The Kier molecular flexibility index (Phi) is 2.53. The highest BCUT2D eigenvalue weighted by molar-refractivity contribution is 6.01. The summed E-state index contributed by atoms with van der Waals surface area (Å²) in [6, 6.07) is 6.04. The van der Waals surface area contributed by atoms with Crippen LogP contribution >= 0.6 is 0 Å². The van der Waals surface area contributed by atoms with Gasteiger partial charge in [0, 0.05) is 0 Å². The molecule has 1 aliphatic rings. The molecule has 16 heavy (non-hydrogen) atoms. The molecule has 0 aromatic heterocycles. The van der Waals surface area contributed by atoms with E-state index in [4.69, 9.17) is 5.26 Å². The number of carbonyl (C=O) groups excluding carboxylic acids is 1. The topological polar surface area (TPSA) is 56.1 Å². The van der Waals surface area contributed by atoms with E-state index in [1.807, 2.05) is 26.0 Å². The molecule has 1 amide bonds. The molecule has 2 rings (SSSR count). The highest BCUT2D eigenvalue weighted by atomic mass is 16.2. The van der Waals surface area contributed by atoms with Crippen LogP contribution in [-0.2, 0) is 4.79 Å². The van der Waals surface area contributed by atoms with Gasteiger partial charge in [0.2, 0.25) is 5.91 Å². The van der Waals surface area contributed by atoms with E-state index in [0.29, 0.717) is 0 Å². The molecule has 0 bridgehead atoms. The van der Waals surface area contributed by atoms with Crippen molar-refractivity contribution < 1.29 is 4.79 Å². The largest absolute Gasteiger partial charge is 0.347 e. The molecule has 0 aliphatic carbocycles. The molecule has 0 unspecified atom stereocenters. The maximum Gasteiger partial charge on any atom is 0.243 e. The molecule has 0 saturated heterocycles. The summed E-state index contributed by atoms with van der Waals surface area (Å²) in [5.41, 5.74) is 4.04. The fraction of sp³-hybridized carbons (Fsp3) is 0.333. The number of hydrogen-bond donors (Lipinski definition) is 1. The second-order valence-corrected chi connectivity index (χ2v) is 4.02. The maximum absolute atomic E-state index is 11.4. The van der Waals surface area contributed by atoms with Gasteiger partial charge in [-0.2, -0.15) is 5.26 Å². The number of rotatable bonds is 1. The first kappa shape index (κ1) is 10.5. The molecule has 1 N–H and O–H groups in total. The van der Waals surface area contributed by atoms with E-state index in [-0.39, 0.29) is 19.0 Å². The van der Waals surface area contributed by atoms with Crippen LogP contribution in [0, 0.1) is 25.2 Å². The van der Waals surface area contributed by atoms with Gasteiger partial charge in [-0.25, -0.2) is 0 Å². The lowest BCUT2D eigenvalue weighted by Crippen LogP contribution is -2.38. The molecule has 4 nitrogen and oxygen atoms in total. The second kappa shape index (κ2) is 3.86. The molecule has 0 fully saturated rings. The molecule has 82 valence electrons. The summed E-state index contributed by atoms with van der Waals surface area (Å²) in [6.07, 6.45) is 0. The molecular weight excluding hydrogens is 202 g/mol. The van der Waals surface area contributed by atoms with E-state index in [1.165, 1.54) is 0 Å². The van der Waals surface area contributed by atoms with Crippen molar-refractivity contribution in [3.63, 3.8) is 0 Å². The number of fused-ring (bicyclic) bond motifs is 1. The zero-order valence-electron chi connectivity index (χ0n) is 9.37. The van der Waals surface area contributed by atoms with E-state index in [9.17, 15) is 4.79 Å². The van der Waals surface area contributed by atoms with Crippen LogP contribution in [-0.4, -0.2) is 19.0 Å².